The summed E-state index contributed by atoms with van der Waals surface area (Å²) < 4.78 is 11.1. The number of aryl methyl sites for hydroxylation is 1. The lowest BCUT2D eigenvalue weighted by atomic mass is 10.1. The molecule has 0 saturated heterocycles. The largest absolute Gasteiger partial charge is 0.493 e. The predicted octanol–water partition coefficient (Wildman–Crippen LogP) is 2.99. The third-order valence-corrected chi connectivity index (χ3v) is 3.87. The Labute approximate surface area is 139 Å². The van der Waals surface area contributed by atoms with E-state index in [0.717, 1.165) is 12.0 Å². The summed E-state index contributed by atoms with van der Waals surface area (Å²) in [6.45, 7) is 6.01. The highest BCUT2D eigenvalue weighted by atomic mass is 32.2. The fourth-order valence-electron chi connectivity index (χ4n) is 2.03. The molecule has 6 heteroatoms. The van der Waals surface area contributed by atoms with E-state index < -0.39 is 0 Å². The van der Waals surface area contributed by atoms with E-state index in [1.807, 2.05) is 24.3 Å². The minimum Gasteiger partial charge on any atom is -0.493 e. The van der Waals surface area contributed by atoms with Crippen molar-refractivity contribution in [3.63, 3.8) is 0 Å². The zero-order valence-electron chi connectivity index (χ0n) is 13.3. The van der Waals surface area contributed by atoms with Crippen molar-refractivity contribution in [1.29, 1.82) is 0 Å². The van der Waals surface area contributed by atoms with Gasteiger partial charge in [0.2, 0.25) is 0 Å². The van der Waals surface area contributed by atoms with Gasteiger partial charge in [-0.1, -0.05) is 23.9 Å². The van der Waals surface area contributed by atoms with Gasteiger partial charge in [-0.25, -0.2) is 4.98 Å². The molecule has 1 N–H and O–H groups in total. The number of hydrogen-bond acceptors (Lipinski definition) is 5. The molecule has 0 aliphatic rings. The first kappa shape index (κ1) is 17.1. The smallest absolute Gasteiger partial charge is 0.251 e. The fraction of sp³-hybridized carbons (Fsp3) is 0.294. The normalized spacial score (nSPS) is 10.3. The van der Waals surface area contributed by atoms with Gasteiger partial charge in [-0.15, -0.1) is 6.58 Å². The van der Waals surface area contributed by atoms with Gasteiger partial charge in [0.15, 0.2) is 16.7 Å². The molecule has 122 valence electrons. The molecule has 0 atom stereocenters. The van der Waals surface area contributed by atoms with Crippen molar-refractivity contribution in [2.75, 3.05) is 19.5 Å². The van der Waals surface area contributed by atoms with Crippen molar-refractivity contribution >= 4 is 11.8 Å². The summed E-state index contributed by atoms with van der Waals surface area (Å²) in [5.74, 6) is 2.08. The molecule has 1 aromatic carbocycles. The van der Waals surface area contributed by atoms with Crippen LogP contribution in [0.2, 0.25) is 0 Å². The zero-order valence-corrected chi connectivity index (χ0v) is 14.1. The van der Waals surface area contributed by atoms with Crippen LogP contribution in [0.1, 0.15) is 11.3 Å². The molecule has 1 heterocycles. The fourth-order valence-corrected chi connectivity index (χ4v) is 2.78. The molecular weight excluding hydrogens is 312 g/mol. The maximum absolute atomic E-state index is 11.4. The van der Waals surface area contributed by atoms with Crippen molar-refractivity contribution in [2.24, 2.45) is 0 Å². The number of benzene rings is 1. The van der Waals surface area contributed by atoms with Crippen LogP contribution in [0.4, 0.5) is 0 Å². The van der Waals surface area contributed by atoms with E-state index >= 15 is 0 Å². The molecule has 0 aliphatic carbocycles. The van der Waals surface area contributed by atoms with Crippen molar-refractivity contribution in [2.45, 2.75) is 18.5 Å². The van der Waals surface area contributed by atoms with E-state index in [1.54, 1.807) is 14.0 Å². The number of aromatic nitrogens is 2. The molecule has 0 amide bonds. The highest BCUT2D eigenvalue weighted by Crippen LogP contribution is 2.28. The van der Waals surface area contributed by atoms with Crippen LogP contribution in [0.25, 0.3) is 0 Å². The van der Waals surface area contributed by atoms with Crippen molar-refractivity contribution < 1.29 is 9.47 Å². The van der Waals surface area contributed by atoms with E-state index in [1.165, 1.54) is 17.8 Å². The first-order chi connectivity index (χ1) is 11.1. The summed E-state index contributed by atoms with van der Waals surface area (Å²) in [7, 11) is 1.62. The topological polar surface area (TPSA) is 64.2 Å². The Kier molecular flexibility index (Phi) is 6.29. The second-order valence-electron chi connectivity index (χ2n) is 4.87. The highest BCUT2D eigenvalue weighted by molar-refractivity contribution is 7.99. The number of ether oxygens (including phenoxy) is 2. The van der Waals surface area contributed by atoms with Crippen molar-refractivity contribution in [3.8, 4) is 11.5 Å². The number of thioether (sulfide) groups is 1. The molecule has 0 saturated carbocycles. The predicted molar refractivity (Wildman–Crippen MR) is 92.7 cm³/mol. The first-order valence-electron chi connectivity index (χ1n) is 7.23. The number of allylic oxidation sites excluding steroid dienone is 1. The lowest BCUT2D eigenvalue weighted by Gasteiger charge is -2.11. The Morgan fingerprint density at radius 3 is 2.87 bits per heavy atom. The Morgan fingerprint density at radius 1 is 1.35 bits per heavy atom. The van der Waals surface area contributed by atoms with E-state index in [-0.39, 0.29) is 5.56 Å². The van der Waals surface area contributed by atoms with Gasteiger partial charge in [0.05, 0.1) is 13.7 Å². The molecule has 0 fully saturated rings. The lowest BCUT2D eigenvalue weighted by Crippen LogP contribution is -2.09. The zero-order chi connectivity index (χ0) is 16.7. The van der Waals surface area contributed by atoms with Gasteiger partial charge < -0.3 is 14.5 Å². The van der Waals surface area contributed by atoms with Gasteiger partial charge in [0.25, 0.3) is 5.56 Å². The lowest BCUT2D eigenvalue weighted by molar-refractivity contribution is 0.313. The van der Waals surface area contributed by atoms with Crippen LogP contribution in [-0.2, 0) is 6.42 Å². The third kappa shape index (κ3) is 5.17. The molecule has 0 bridgehead atoms. The van der Waals surface area contributed by atoms with Gasteiger partial charge in [-0.2, -0.15) is 0 Å². The van der Waals surface area contributed by atoms with Crippen LogP contribution in [0.5, 0.6) is 11.5 Å². The van der Waals surface area contributed by atoms with Crippen molar-refractivity contribution in [3.05, 3.63) is 58.5 Å². The van der Waals surface area contributed by atoms with E-state index in [9.17, 15) is 4.79 Å². The SMILES string of the molecule is C=CCc1ccc(OCCSc2nc(C)cc(=O)[nH]2)c(OC)c1. The standard InChI is InChI=1S/C17H20N2O3S/c1-4-5-13-6-7-14(15(11-13)21-3)22-8-9-23-17-18-12(2)10-16(20)19-17/h4,6-7,10-11H,1,5,8-9H2,2-3H3,(H,18,19,20). The average molecular weight is 332 g/mol. The van der Waals surface area contributed by atoms with Crippen LogP contribution < -0.4 is 15.0 Å². The quantitative estimate of drug-likeness (QED) is 0.348. The van der Waals surface area contributed by atoms with Crippen LogP contribution in [0, 0.1) is 6.92 Å². The van der Waals surface area contributed by atoms with E-state index in [2.05, 4.69) is 16.5 Å². The molecule has 1 aromatic heterocycles. The summed E-state index contributed by atoms with van der Waals surface area (Å²) in [6.07, 6.45) is 2.64. The van der Waals surface area contributed by atoms with Crippen LogP contribution >= 0.6 is 11.8 Å². The van der Waals surface area contributed by atoms with Crippen LogP contribution in [-0.4, -0.2) is 29.4 Å². The Bertz CT molecular complexity index is 728. The monoisotopic (exact) mass is 332 g/mol. The third-order valence-electron chi connectivity index (χ3n) is 3.04. The van der Waals surface area contributed by atoms with Crippen molar-refractivity contribution in [1.82, 2.24) is 9.97 Å². The number of rotatable bonds is 8. The molecule has 5 nitrogen and oxygen atoms in total. The van der Waals surface area contributed by atoms with Gasteiger partial charge >= 0.3 is 0 Å². The molecule has 2 rings (SSSR count). The first-order valence-corrected chi connectivity index (χ1v) is 8.22. The molecular formula is C17H20N2O3S. The summed E-state index contributed by atoms with van der Waals surface area (Å²) in [5.41, 5.74) is 1.69. The van der Waals surface area contributed by atoms with Gasteiger partial charge in [0.1, 0.15) is 0 Å². The number of nitrogens with one attached hydrogen (secondary N) is 1. The van der Waals surface area contributed by atoms with E-state index in [4.69, 9.17) is 9.47 Å². The number of H-pyrrole nitrogens is 1. The Hall–Kier alpha value is -2.21. The minimum atomic E-state index is -0.139. The second kappa shape index (κ2) is 8.43. The number of hydrogen-bond donors (Lipinski definition) is 1. The minimum absolute atomic E-state index is 0.139. The second-order valence-corrected chi connectivity index (χ2v) is 5.95. The molecule has 0 aliphatic heterocycles. The molecule has 0 spiro atoms. The number of methoxy groups -OCH3 is 1. The van der Waals surface area contributed by atoms with Gasteiger partial charge in [-0.05, 0) is 31.0 Å². The van der Waals surface area contributed by atoms with Crippen LogP contribution in [0.15, 0.2) is 46.9 Å². The number of nitrogens with zero attached hydrogens (tertiary/aromatic N) is 1. The number of aromatic amines is 1. The Balaban J connectivity index is 1.90. The van der Waals surface area contributed by atoms with Crippen LogP contribution in [0.3, 0.4) is 0 Å². The summed E-state index contributed by atoms with van der Waals surface area (Å²) >= 11 is 1.45. The molecule has 0 unspecified atom stereocenters. The highest BCUT2D eigenvalue weighted by Gasteiger charge is 2.06. The molecule has 23 heavy (non-hydrogen) atoms. The summed E-state index contributed by atoms with van der Waals surface area (Å²) in [6, 6.07) is 7.31. The van der Waals surface area contributed by atoms with E-state index in [0.29, 0.717) is 34.7 Å². The molecule has 0 radical (unpaired) electrons. The summed E-state index contributed by atoms with van der Waals surface area (Å²) in [4.78, 5) is 18.3. The summed E-state index contributed by atoms with van der Waals surface area (Å²) in [5, 5.41) is 0.604. The van der Waals surface area contributed by atoms with Gasteiger partial charge in [-0.3, -0.25) is 4.79 Å². The maximum atomic E-state index is 11.4. The van der Waals surface area contributed by atoms with Gasteiger partial charge in [0, 0.05) is 17.5 Å². The molecule has 2 aromatic rings. The Morgan fingerprint density at radius 2 is 2.17 bits per heavy atom. The average Bonchev–Trinajstić information content (AvgIpc) is 2.52. The maximum Gasteiger partial charge on any atom is 0.251 e.